The number of amides is 1. The average Bonchev–Trinajstić information content (AvgIpc) is 3.33. The number of carbonyl (C=O) groups excluding carboxylic acids is 1. The second kappa shape index (κ2) is 48.1. The molecule has 0 saturated carbocycles. The summed E-state index contributed by atoms with van der Waals surface area (Å²) in [6.45, 7) is 3.76. The number of aliphatic hydroxyl groups excluding tert-OH is 5. The average molecular weight is 949 g/mol. The summed E-state index contributed by atoms with van der Waals surface area (Å²) in [5.74, 6) is -0.177. The molecule has 1 saturated heterocycles. The van der Waals surface area contributed by atoms with Crippen LogP contribution in [0.3, 0.4) is 0 Å². The first kappa shape index (κ1) is 63.4. The molecule has 0 spiro atoms. The van der Waals surface area contributed by atoms with Crippen LogP contribution in [-0.4, -0.2) is 87.5 Å². The van der Waals surface area contributed by atoms with E-state index in [9.17, 15) is 30.3 Å². The Morgan fingerprint density at radius 3 is 1.28 bits per heavy atom. The van der Waals surface area contributed by atoms with Crippen LogP contribution in [-0.2, 0) is 14.3 Å². The molecular weight excluding hydrogens is 839 g/mol. The largest absolute Gasteiger partial charge is 0.394 e. The van der Waals surface area contributed by atoms with Gasteiger partial charge in [0.05, 0.1) is 25.4 Å². The third-order valence-electron chi connectivity index (χ3n) is 13.7. The van der Waals surface area contributed by atoms with Gasteiger partial charge in [-0.1, -0.05) is 249 Å². The van der Waals surface area contributed by atoms with Gasteiger partial charge in [0, 0.05) is 6.42 Å². The van der Waals surface area contributed by atoms with Gasteiger partial charge in [-0.25, -0.2) is 0 Å². The van der Waals surface area contributed by atoms with Gasteiger partial charge in [-0.15, -0.1) is 0 Å². The maximum Gasteiger partial charge on any atom is 0.220 e. The van der Waals surface area contributed by atoms with Gasteiger partial charge in [0.25, 0.3) is 0 Å². The van der Waals surface area contributed by atoms with Crippen LogP contribution < -0.4 is 5.32 Å². The molecule has 7 unspecified atom stereocenters. The van der Waals surface area contributed by atoms with E-state index >= 15 is 0 Å². The Balaban J connectivity index is 2.05. The SMILES string of the molecule is CCCCCCCCC/C=C/C(O)C(COC1OC(CO)C(O)C(O)C1O)NC(=O)CCCCCCCCCCCCCCCCCCC/C=C\C/C=C\CCCCCCCCCCCCC. The molecular formula is C58H109NO8. The van der Waals surface area contributed by atoms with E-state index in [-0.39, 0.29) is 12.5 Å². The smallest absolute Gasteiger partial charge is 0.220 e. The maximum absolute atomic E-state index is 13.0. The van der Waals surface area contributed by atoms with Crippen molar-refractivity contribution in [2.45, 2.75) is 314 Å². The van der Waals surface area contributed by atoms with Gasteiger partial charge in [-0.3, -0.25) is 4.79 Å². The highest BCUT2D eigenvalue weighted by Crippen LogP contribution is 2.23. The summed E-state index contributed by atoms with van der Waals surface area (Å²) in [6, 6.07) is -0.801. The lowest BCUT2D eigenvalue weighted by Gasteiger charge is -2.40. The first-order valence-electron chi connectivity index (χ1n) is 28.7. The maximum atomic E-state index is 13.0. The molecule has 0 radical (unpaired) electrons. The zero-order valence-corrected chi connectivity index (χ0v) is 43.7. The molecule has 0 aliphatic carbocycles. The van der Waals surface area contributed by atoms with Crippen molar-refractivity contribution in [1.82, 2.24) is 5.32 Å². The van der Waals surface area contributed by atoms with Gasteiger partial charge in [-0.2, -0.15) is 0 Å². The third-order valence-corrected chi connectivity index (χ3v) is 13.7. The molecule has 1 aliphatic rings. The normalized spacial score (nSPS) is 19.9. The second-order valence-electron chi connectivity index (χ2n) is 20.1. The quantitative estimate of drug-likeness (QED) is 0.0261. The van der Waals surface area contributed by atoms with Crippen molar-refractivity contribution in [3.05, 3.63) is 36.5 Å². The van der Waals surface area contributed by atoms with Crippen molar-refractivity contribution in [2.24, 2.45) is 0 Å². The van der Waals surface area contributed by atoms with E-state index < -0.39 is 49.5 Å². The lowest BCUT2D eigenvalue weighted by atomic mass is 9.99. The van der Waals surface area contributed by atoms with Crippen LogP contribution in [0, 0.1) is 0 Å². The molecule has 1 fully saturated rings. The van der Waals surface area contributed by atoms with E-state index in [1.54, 1.807) is 6.08 Å². The van der Waals surface area contributed by atoms with Crippen LogP contribution in [0.2, 0.25) is 0 Å². The van der Waals surface area contributed by atoms with Gasteiger partial charge in [0.15, 0.2) is 6.29 Å². The highest BCUT2D eigenvalue weighted by molar-refractivity contribution is 5.76. The van der Waals surface area contributed by atoms with E-state index in [1.807, 2.05) is 6.08 Å². The van der Waals surface area contributed by atoms with Gasteiger partial charge in [-0.05, 0) is 51.4 Å². The van der Waals surface area contributed by atoms with Gasteiger partial charge >= 0.3 is 0 Å². The zero-order chi connectivity index (χ0) is 48.7. The molecule has 67 heavy (non-hydrogen) atoms. The molecule has 0 aromatic carbocycles. The Morgan fingerprint density at radius 1 is 0.507 bits per heavy atom. The standard InChI is InChI=1S/C58H109NO8/c1-3-5-7-9-11-13-14-15-16-17-18-19-20-21-22-23-24-25-26-27-28-29-30-31-32-33-34-35-36-37-38-40-42-44-46-48-54(62)59-51(52(61)47-45-43-41-39-12-10-8-6-4-2)50-66-58-57(65)56(64)55(63)53(49-60)67-58/h20-21,23-24,45,47,51-53,55-58,60-61,63-65H,3-19,22,25-44,46,48-50H2,1-2H3,(H,59,62)/b21-20-,24-23-,47-45+. The zero-order valence-electron chi connectivity index (χ0n) is 43.7. The Bertz CT molecular complexity index is 1150. The number of carbonyl (C=O) groups is 1. The highest BCUT2D eigenvalue weighted by Gasteiger charge is 2.44. The van der Waals surface area contributed by atoms with Gasteiger partial charge in [0.2, 0.25) is 5.91 Å². The molecule has 0 bridgehead atoms. The van der Waals surface area contributed by atoms with Gasteiger partial charge < -0.3 is 40.3 Å². The van der Waals surface area contributed by atoms with Crippen LogP contribution in [0.25, 0.3) is 0 Å². The lowest BCUT2D eigenvalue weighted by molar-refractivity contribution is -0.302. The van der Waals surface area contributed by atoms with Gasteiger partial charge in [0.1, 0.15) is 24.4 Å². The molecule has 7 atom stereocenters. The Morgan fingerprint density at radius 2 is 0.881 bits per heavy atom. The van der Waals surface area contributed by atoms with Crippen molar-refractivity contribution >= 4 is 5.91 Å². The fourth-order valence-corrected chi connectivity index (χ4v) is 9.13. The molecule has 9 heteroatoms. The minimum absolute atomic E-state index is 0.177. The number of nitrogens with one attached hydrogen (secondary N) is 1. The molecule has 1 amide bonds. The summed E-state index contributed by atoms with van der Waals surface area (Å²) in [4.78, 5) is 13.0. The van der Waals surface area contributed by atoms with Crippen LogP contribution >= 0.6 is 0 Å². The van der Waals surface area contributed by atoms with Crippen molar-refractivity contribution < 1.29 is 39.8 Å². The van der Waals surface area contributed by atoms with E-state index in [1.165, 1.54) is 205 Å². The Kier molecular flexibility index (Phi) is 45.5. The molecule has 1 rings (SSSR count). The summed E-state index contributed by atoms with van der Waals surface area (Å²) >= 11 is 0. The summed E-state index contributed by atoms with van der Waals surface area (Å²) in [5.41, 5.74) is 0. The number of allylic oxidation sites excluding steroid dienone is 5. The lowest BCUT2D eigenvalue weighted by Crippen LogP contribution is -2.60. The molecule has 394 valence electrons. The Labute approximate surface area is 412 Å². The number of hydrogen-bond donors (Lipinski definition) is 6. The predicted molar refractivity (Wildman–Crippen MR) is 281 cm³/mol. The number of ether oxygens (including phenoxy) is 2. The molecule has 9 nitrogen and oxygen atoms in total. The van der Waals surface area contributed by atoms with Crippen LogP contribution in [0.5, 0.6) is 0 Å². The van der Waals surface area contributed by atoms with E-state index in [0.717, 1.165) is 44.9 Å². The van der Waals surface area contributed by atoms with Crippen molar-refractivity contribution in [1.29, 1.82) is 0 Å². The summed E-state index contributed by atoms with van der Waals surface area (Å²) in [5, 5.41) is 54.2. The fraction of sp³-hybridized carbons (Fsp3) is 0.879. The van der Waals surface area contributed by atoms with Crippen LogP contribution in [0.1, 0.15) is 271 Å². The van der Waals surface area contributed by atoms with Crippen LogP contribution in [0.15, 0.2) is 36.5 Å². The molecule has 0 aromatic rings. The summed E-state index contributed by atoms with van der Waals surface area (Å²) in [7, 11) is 0. The molecule has 6 N–H and O–H groups in total. The summed E-state index contributed by atoms with van der Waals surface area (Å²) < 4.78 is 11.2. The number of rotatable bonds is 49. The van der Waals surface area contributed by atoms with Crippen LogP contribution in [0.4, 0.5) is 0 Å². The monoisotopic (exact) mass is 948 g/mol. The topological polar surface area (TPSA) is 149 Å². The van der Waals surface area contributed by atoms with E-state index in [2.05, 4.69) is 43.5 Å². The van der Waals surface area contributed by atoms with Crippen molar-refractivity contribution in [2.75, 3.05) is 13.2 Å². The Hall–Kier alpha value is -1.59. The highest BCUT2D eigenvalue weighted by atomic mass is 16.7. The van der Waals surface area contributed by atoms with Crippen molar-refractivity contribution in [3.8, 4) is 0 Å². The molecule has 0 aromatic heterocycles. The van der Waals surface area contributed by atoms with E-state index in [4.69, 9.17) is 9.47 Å². The first-order chi connectivity index (χ1) is 32.8. The number of hydrogen-bond acceptors (Lipinski definition) is 8. The molecule has 1 heterocycles. The fourth-order valence-electron chi connectivity index (χ4n) is 9.13. The second-order valence-corrected chi connectivity index (χ2v) is 20.1. The van der Waals surface area contributed by atoms with Crippen molar-refractivity contribution in [3.63, 3.8) is 0 Å². The number of unbranched alkanes of at least 4 members (excludes halogenated alkanes) is 35. The minimum atomic E-state index is -1.56. The minimum Gasteiger partial charge on any atom is -0.394 e. The number of aliphatic hydroxyl groups is 5. The summed E-state index contributed by atoms with van der Waals surface area (Å²) in [6.07, 6.45) is 55.4. The first-order valence-corrected chi connectivity index (χ1v) is 28.7. The third kappa shape index (κ3) is 37.9. The predicted octanol–water partition coefficient (Wildman–Crippen LogP) is 14.0. The van der Waals surface area contributed by atoms with E-state index in [0.29, 0.717) is 6.42 Å². The molecule has 1 aliphatic heterocycles.